The molecule has 96 valence electrons. The predicted octanol–water partition coefficient (Wildman–Crippen LogP) is 4.67. The molecule has 0 amide bonds. The number of benzene rings is 1. The van der Waals surface area contributed by atoms with Crippen LogP contribution in [0.2, 0.25) is 5.02 Å². The van der Waals surface area contributed by atoms with E-state index >= 15 is 0 Å². The maximum absolute atomic E-state index is 6.18. The Hall–Kier alpha value is -0.530. The number of halogens is 1. The van der Waals surface area contributed by atoms with Gasteiger partial charge in [0.2, 0.25) is 0 Å². The molecule has 2 heteroatoms. The molecule has 0 bridgehead atoms. The minimum absolute atomic E-state index is 0.300. The van der Waals surface area contributed by atoms with Gasteiger partial charge in [-0.25, -0.2) is 0 Å². The van der Waals surface area contributed by atoms with Gasteiger partial charge in [0.15, 0.2) is 0 Å². The van der Waals surface area contributed by atoms with Crippen molar-refractivity contribution in [1.29, 1.82) is 0 Å². The zero-order chi connectivity index (χ0) is 13.1. The van der Waals surface area contributed by atoms with Crippen molar-refractivity contribution in [1.82, 2.24) is 5.32 Å². The van der Waals surface area contributed by atoms with Gasteiger partial charge in [-0.05, 0) is 36.4 Å². The van der Waals surface area contributed by atoms with Gasteiger partial charge in [0.25, 0.3) is 0 Å². The van der Waals surface area contributed by atoms with Crippen LogP contribution in [-0.4, -0.2) is 6.54 Å². The molecule has 0 fully saturated rings. The summed E-state index contributed by atoms with van der Waals surface area (Å²) in [5.41, 5.74) is 1.52. The van der Waals surface area contributed by atoms with Crippen LogP contribution in [0.15, 0.2) is 24.3 Å². The molecule has 0 spiro atoms. The average molecular weight is 254 g/mol. The van der Waals surface area contributed by atoms with E-state index in [1.165, 1.54) is 5.56 Å². The van der Waals surface area contributed by atoms with E-state index in [0.717, 1.165) is 11.6 Å². The molecule has 2 unspecified atom stereocenters. The highest BCUT2D eigenvalue weighted by Crippen LogP contribution is 2.26. The fourth-order valence-corrected chi connectivity index (χ4v) is 1.90. The van der Waals surface area contributed by atoms with Gasteiger partial charge in [-0.1, -0.05) is 57.5 Å². The van der Waals surface area contributed by atoms with Crippen LogP contribution in [0.4, 0.5) is 0 Å². The molecule has 1 nitrogen and oxygen atoms in total. The summed E-state index contributed by atoms with van der Waals surface area (Å²) in [7, 11) is 0. The summed E-state index contributed by atoms with van der Waals surface area (Å²) in [6.07, 6.45) is 0. The van der Waals surface area contributed by atoms with Crippen LogP contribution in [0, 0.1) is 11.3 Å². The normalized spacial score (nSPS) is 15.6. The third-order valence-corrected chi connectivity index (χ3v) is 3.92. The largest absolute Gasteiger partial charge is 0.310 e. The van der Waals surface area contributed by atoms with Gasteiger partial charge in [-0.2, -0.15) is 0 Å². The van der Waals surface area contributed by atoms with Gasteiger partial charge < -0.3 is 5.32 Å². The molecule has 17 heavy (non-hydrogen) atoms. The molecular formula is C15H24ClN. The average Bonchev–Trinajstić information content (AvgIpc) is 2.24. The molecule has 2 atom stereocenters. The van der Waals surface area contributed by atoms with Crippen LogP contribution in [-0.2, 0) is 0 Å². The molecule has 0 aromatic heterocycles. The lowest BCUT2D eigenvalue weighted by molar-refractivity contribution is 0.247. The fraction of sp³-hybridized carbons (Fsp3) is 0.600. The van der Waals surface area contributed by atoms with Gasteiger partial charge in [-0.15, -0.1) is 0 Å². The van der Waals surface area contributed by atoms with Crippen molar-refractivity contribution in [3.05, 3.63) is 34.9 Å². The Morgan fingerprint density at radius 2 is 1.76 bits per heavy atom. The first-order chi connectivity index (χ1) is 7.82. The summed E-state index contributed by atoms with van der Waals surface area (Å²) in [4.78, 5) is 0. The fourth-order valence-electron chi connectivity index (χ4n) is 1.60. The summed E-state index contributed by atoms with van der Waals surface area (Å²) in [5, 5.41) is 4.41. The van der Waals surface area contributed by atoms with Gasteiger partial charge in [0, 0.05) is 11.1 Å². The lowest BCUT2D eigenvalue weighted by atomic mass is 9.82. The van der Waals surface area contributed by atoms with Gasteiger partial charge in [0.05, 0.1) is 0 Å². The van der Waals surface area contributed by atoms with Crippen LogP contribution in [0.5, 0.6) is 0 Å². The van der Waals surface area contributed by atoms with Gasteiger partial charge in [-0.3, -0.25) is 0 Å². The second kappa shape index (κ2) is 5.88. The molecule has 1 aromatic carbocycles. The summed E-state index contributed by atoms with van der Waals surface area (Å²) in [6, 6.07) is 8.33. The van der Waals surface area contributed by atoms with Crippen molar-refractivity contribution in [2.24, 2.45) is 11.3 Å². The summed E-state index contributed by atoms with van der Waals surface area (Å²) in [6.45, 7) is 12.3. The van der Waals surface area contributed by atoms with Crippen molar-refractivity contribution >= 4 is 11.6 Å². The first-order valence-electron chi connectivity index (χ1n) is 6.30. The minimum atomic E-state index is 0.300. The van der Waals surface area contributed by atoms with Gasteiger partial charge in [0.1, 0.15) is 0 Å². The first kappa shape index (κ1) is 14.5. The Kier molecular flexibility index (Phi) is 5.03. The third-order valence-electron chi connectivity index (χ3n) is 3.58. The van der Waals surface area contributed by atoms with E-state index in [2.05, 4.69) is 46.0 Å². The van der Waals surface area contributed by atoms with E-state index in [1.807, 2.05) is 18.2 Å². The topological polar surface area (TPSA) is 12.0 Å². The molecule has 1 aromatic rings. The maximum Gasteiger partial charge on any atom is 0.0453 e. The summed E-state index contributed by atoms with van der Waals surface area (Å²) in [5.74, 6) is 0.632. The molecule has 0 radical (unpaired) electrons. The molecule has 0 aliphatic carbocycles. The van der Waals surface area contributed by atoms with Crippen molar-refractivity contribution < 1.29 is 0 Å². The van der Waals surface area contributed by atoms with Crippen molar-refractivity contribution in [2.75, 3.05) is 6.54 Å². The van der Waals surface area contributed by atoms with E-state index in [9.17, 15) is 0 Å². The van der Waals surface area contributed by atoms with Crippen LogP contribution < -0.4 is 5.32 Å². The first-order valence-corrected chi connectivity index (χ1v) is 6.68. The van der Waals surface area contributed by atoms with Crippen LogP contribution in [0.25, 0.3) is 0 Å². The Labute approximate surface area is 111 Å². The Bertz CT molecular complexity index is 354. The molecule has 0 aliphatic heterocycles. The lowest BCUT2D eigenvalue weighted by Gasteiger charge is -2.29. The summed E-state index contributed by atoms with van der Waals surface area (Å²) >= 11 is 6.18. The highest BCUT2D eigenvalue weighted by Gasteiger charge is 2.20. The van der Waals surface area contributed by atoms with Crippen LogP contribution in [0.1, 0.15) is 46.2 Å². The molecule has 1 N–H and O–H groups in total. The zero-order valence-corrected chi connectivity index (χ0v) is 12.3. The van der Waals surface area contributed by atoms with E-state index in [4.69, 9.17) is 11.6 Å². The van der Waals surface area contributed by atoms with Crippen LogP contribution in [0.3, 0.4) is 0 Å². The van der Waals surface area contributed by atoms with Gasteiger partial charge >= 0.3 is 0 Å². The number of rotatable bonds is 4. The predicted molar refractivity (Wildman–Crippen MR) is 76.5 cm³/mol. The minimum Gasteiger partial charge on any atom is -0.310 e. The lowest BCUT2D eigenvalue weighted by Crippen LogP contribution is -2.31. The Morgan fingerprint density at radius 1 is 1.18 bits per heavy atom. The molecule has 0 heterocycles. The standard InChI is InChI=1S/C15H24ClN/c1-11(15(3,4)5)10-17-12(2)13-8-6-7-9-14(13)16/h6-9,11-12,17H,10H2,1-5H3. The smallest absolute Gasteiger partial charge is 0.0453 e. The summed E-state index contributed by atoms with van der Waals surface area (Å²) < 4.78 is 0. The Morgan fingerprint density at radius 3 is 2.29 bits per heavy atom. The van der Waals surface area contributed by atoms with E-state index < -0.39 is 0 Å². The van der Waals surface area contributed by atoms with Crippen LogP contribution >= 0.6 is 11.6 Å². The molecule has 0 saturated carbocycles. The van der Waals surface area contributed by atoms with Crippen molar-refractivity contribution in [3.8, 4) is 0 Å². The van der Waals surface area contributed by atoms with E-state index in [0.29, 0.717) is 17.4 Å². The van der Waals surface area contributed by atoms with Crippen molar-refractivity contribution in [2.45, 2.75) is 40.7 Å². The van der Waals surface area contributed by atoms with Crippen molar-refractivity contribution in [3.63, 3.8) is 0 Å². The molecular weight excluding hydrogens is 230 g/mol. The number of hydrogen-bond acceptors (Lipinski definition) is 1. The Balaban J connectivity index is 2.57. The second-order valence-electron chi connectivity index (χ2n) is 5.92. The zero-order valence-electron chi connectivity index (χ0n) is 11.5. The molecule has 0 aliphatic rings. The third kappa shape index (κ3) is 4.33. The maximum atomic E-state index is 6.18. The highest BCUT2D eigenvalue weighted by atomic mass is 35.5. The quantitative estimate of drug-likeness (QED) is 0.822. The van der Waals surface area contributed by atoms with E-state index in [-0.39, 0.29) is 0 Å². The monoisotopic (exact) mass is 253 g/mol. The number of hydrogen-bond donors (Lipinski definition) is 1. The highest BCUT2D eigenvalue weighted by molar-refractivity contribution is 6.31. The SMILES string of the molecule is CC(NCC(C)C(C)(C)C)c1ccccc1Cl. The molecule has 0 saturated heterocycles. The van der Waals surface area contributed by atoms with E-state index in [1.54, 1.807) is 0 Å². The second-order valence-corrected chi connectivity index (χ2v) is 6.33. The molecule has 1 rings (SSSR count). The number of nitrogens with one attached hydrogen (secondary N) is 1.